The summed E-state index contributed by atoms with van der Waals surface area (Å²) in [6.45, 7) is 0.971. The lowest BCUT2D eigenvalue weighted by Crippen LogP contribution is -2.34. The number of nitrogens with one attached hydrogen (secondary N) is 2. The maximum absolute atomic E-state index is 11.8. The summed E-state index contributed by atoms with van der Waals surface area (Å²) in [5.74, 6) is 1.36. The Balaban J connectivity index is 1.21. The molecular weight excluding hydrogens is 316 g/mol. The number of aromatic nitrogens is 2. The van der Waals surface area contributed by atoms with Crippen LogP contribution in [0.3, 0.4) is 0 Å². The van der Waals surface area contributed by atoms with Crippen LogP contribution in [0.15, 0.2) is 10.8 Å². The van der Waals surface area contributed by atoms with E-state index in [0.717, 1.165) is 11.4 Å². The molecule has 116 valence electrons. The molecular formula is C15H18N4OS2. The van der Waals surface area contributed by atoms with E-state index in [1.165, 1.54) is 35.7 Å². The molecule has 0 aromatic carbocycles. The van der Waals surface area contributed by atoms with Crippen LogP contribution >= 0.6 is 22.7 Å². The van der Waals surface area contributed by atoms with Crippen molar-refractivity contribution in [2.45, 2.75) is 50.6 Å². The Hall–Kier alpha value is -1.47. The summed E-state index contributed by atoms with van der Waals surface area (Å²) < 4.78 is 0. The van der Waals surface area contributed by atoms with E-state index in [-0.39, 0.29) is 6.03 Å². The van der Waals surface area contributed by atoms with E-state index in [1.54, 1.807) is 22.7 Å². The molecule has 5 nitrogen and oxygen atoms in total. The predicted octanol–water partition coefficient (Wildman–Crippen LogP) is 3.35. The Labute approximate surface area is 137 Å². The monoisotopic (exact) mass is 334 g/mol. The van der Waals surface area contributed by atoms with Crippen molar-refractivity contribution < 1.29 is 4.79 Å². The third kappa shape index (κ3) is 3.47. The van der Waals surface area contributed by atoms with Gasteiger partial charge in [-0.15, -0.1) is 22.7 Å². The molecule has 2 aromatic heterocycles. The van der Waals surface area contributed by atoms with Gasteiger partial charge in [-0.05, 0) is 25.7 Å². The van der Waals surface area contributed by atoms with Gasteiger partial charge >= 0.3 is 6.03 Å². The first kappa shape index (κ1) is 14.1. The third-order valence-electron chi connectivity index (χ3n) is 3.85. The Bertz CT molecular complexity index is 616. The second kappa shape index (κ2) is 5.96. The number of urea groups is 1. The fourth-order valence-electron chi connectivity index (χ4n) is 2.25. The number of carbonyl (C=O) groups is 1. The lowest BCUT2D eigenvalue weighted by molar-refractivity contribution is 0.240. The summed E-state index contributed by atoms with van der Waals surface area (Å²) in [6.07, 6.45) is 5.05. The van der Waals surface area contributed by atoms with E-state index in [9.17, 15) is 4.79 Å². The van der Waals surface area contributed by atoms with E-state index in [4.69, 9.17) is 0 Å². The maximum atomic E-state index is 11.8. The van der Waals surface area contributed by atoms with Crippen molar-refractivity contribution in [2.75, 3.05) is 0 Å². The second-order valence-electron chi connectivity index (χ2n) is 5.94. The van der Waals surface area contributed by atoms with Crippen LogP contribution in [0.25, 0.3) is 0 Å². The molecule has 2 aliphatic carbocycles. The fourth-order valence-corrected chi connectivity index (χ4v) is 4.23. The number of carbonyl (C=O) groups excluding carboxylic acids is 1. The van der Waals surface area contributed by atoms with Crippen molar-refractivity contribution in [1.29, 1.82) is 0 Å². The smallest absolute Gasteiger partial charge is 0.315 e. The van der Waals surface area contributed by atoms with Crippen molar-refractivity contribution in [3.05, 3.63) is 32.2 Å². The van der Waals surface area contributed by atoms with Crippen molar-refractivity contribution in [3.63, 3.8) is 0 Å². The van der Waals surface area contributed by atoms with Gasteiger partial charge in [0, 0.05) is 22.6 Å². The molecule has 22 heavy (non-hydrogen) atoms. The lowest BCUT2D eigenvalue weighted by atomic mass is 10.4. The van der Waals surface area contributed by atoms with Gasteiger partial charge < -0.3 is 10.6 Å². The van der Waals surface area contributed by atoms with Crippen LogP contribution < -0.4 is 10.6 Å². The highest BCUT2D eigenvalue weighted by atomic mass is 32.1. The minimum Gasteiger partial charge on any atom is -0.332 e. The maximum Gasteiger partial charge on any atom is 0.315 e. The summed E-state index contributed by atoms with van der Waals surface area (Å²) in [6, 6.07) is -0.165. The molecule has 0 aliphatic heterocycles. The van der Waals surface area contributed by atoms with E-state index in [2.05, 4.69) is 20.6 Å². The molecule has 0 saturated heterocycles. The summed E-state index contributed by atoms with van der Waals surface area (Å²) in [5, 5.41) is 12.2. The molecule has 0 unspecified atom stereocenters. The standard InChI is InChI=1S/C15H18N4OS2/c20-15(16-5-11-7-21-13(18-11)9-1-2-9)17-6-12-8-22-14(19-12)10-3-4-10/h7-10H,1-6H2,(H2,16,17,20). The van der Waals surface area contributed by atoms with E-state index in [0.29, 0.717) is 24.9 Å². The SMILES string of the molecule is O=C(NCc1csc(C2CC2)n1)NCc1csc(C2CC2)n1. The largest absolute Gasteiger partial charge is 0.332 e. The van der Waals surface area contributed by atoms with Crippen molar-refractivity contribution in [3.8, 4) is 0 Å². The zero-order valence-corrected chi connectivity index (χ0v) is 13.8. The molecule has 2 N–H and O–H groups in total. The van der Waals surface area contributed by atoms with Gasteiger partial charge in [-0.1, -0.05) is 0 Å². The molecule has 0 atom stereocenters. The molecule has 0 bridgehead atoms. The minimum atomic E-state index is -0.165. The molecule has 4 rings (SSSR count). The topological polar surface area (TPSA) is 66.9 Å². The lowest BCUT2D eigenvalue weighted by Gasteiger charge is -2.04. The molecule has 2 aromatic rings. The average Bonchev–Trinajstić information content (AvgIpc) is 3.46. The molecule has 2 fully saturated rings. The Morgan fingerprint density at radius 2 is 1.41 bits per heavy atom. The Morgan fingerprint density at radius 3 is 1.82 bits per heavy atom. The van der Waals surface area contributed by atoms with Gasteiger partial charge in [0.05, 0.1) is 34.5 Å². The zero-order valence-electron chi connectivity index (χ0n) is 12.2. The number of hydrogen-bond donors (Lipinski definition) is 2. The zero-order chi connectivity index (χ0) is 14.9. The molecule has 0 radical (unpaired) electrons. The summed E-state index contributed by atoms with van der Waals surface area (Å²) >= 11 is 3.40. The van der Waals surface area contributed by atoms with Crippen LogP contribution in [0.1, 0.15) is 58.9 Å². The van der Waals surface area contributed by atoms with Gasteiger partial charge in [-0.3, -0.25) is 0 Å². The Morgan fingerprint density at radius 1 is 0.955 bits per heavy atom. The number of hydrogen-bond acceptors (Lipinski definition) is 5. The number of nitrogens with zero attached hydrogens (tertiary/aromatic N) is 2. The van der Waals surface area contributed by atoms with Crippen molar-refractivity contribution in [1.82, 2.24) is 20.6 Å². The highest BCUT2D eigenvalue weighted by molar-refractivity contribution is 7.10. The summed E-state index contributed by atoms with van der Waals surface area (Å²) in [4.78, 5) is 20.9. The van der Waals surface area contributed by atoms with E-state index >= 15 is 0 Å². The highest BCUT2D eigenvalue weighted by Crippen LogP contribution is 2.42. The van der Waals surface area contributed by atoms with Gasteiger partial charge in [0.15, 0.2) is 0 Å². The van der Waals surface area contributed by atoms with Crippen LogP contribution in [0, 0.1) is 0 Å². The van der Waals surface area contributed by atoms with Gasteiger partial charge in [0.1, 0.15) is 0 Å². The number of amides is 2. The van der Waals surface area contributed by atoms with E-state index in [1.807, 2.05) is 10.8 Å². The van der Waals surface area contributed by atoms with Crippen LogP contribution in [0.4, 0.5) is 4.79 Å². The van der Waals surface area contributed by atoms with Gasteiger partial charge in [0.25, 0.3) is 0 Å². The predicted molar refractivity (Wildman–Crippen MR) is 87.3 cm³/mol. The minimum absolute atomic E-state index is 0.165. The normalized spacial score (nSPS) is 17.5. The Kier molecular flexibility index (Phi) is 3.83. The molecule has 7 heteroatoms. The van der Waals surface area contributed by atoms with Crippen LogP contribution in [0.2, 0.25) is 0 Å². The number of thiazole rings is 2. The van der Waals surface area contributed by atoms with Crippen LogP contribution in [0.5, 0.6) is 0 Å². The first-order valence-electron chi connectivity index (χ1n) is 7.68. The average molecular weight is 334 g/mol. The molecule has 2 saturated carbocycles. The van der Waals surface area contributed by atoms with Crippen LogP contribution in [-0.2, 0) is 13.1 Å². The molecule has 2 aliphatic rings. The molecule has 2 amide bonds. The van der Waals surface area contributed by atoms with Crippen molar-refractivity contribution in [2.24, 2.45) is 0 Å². The molecule has 2 heterocycles. The fraction of sp³-hybridized carbons (Fsp3) is 0.533. The van der Waals surface area contributed by atoms with E-state index < -0.39 is 0 Å². The second-order valence-corrected chi connectivity index (χ2v) is 7.72. The van der Waals surface area contributed by atoms with Crippen LogP contribution in [-0.4, -0.2) is 16.0 Å². The van der Waals surface area contributed by atoms with Crippen molar-refractivity contribution >= 4 is 28.7 Å². The number of rotatable bonds is 6. The quantitative estimate of drug-likeness (QED) is 0.851. The van der Waals surface area contributed by atoms with Gasteiger partial charge in [-0.2, -0.15) is 0 Å². The highest BCUT2D eigenvalue weighted by Gasteiger charge is 2.27. The summed E-state index contributed by atoms with van der Waals surface area (Å²) in [7, 11) is 0. The third-order valence-corrected chi connectivity index (χ3v) is 5.96. The summed E-state index contributed by atoms with van der Waals surface area (Å²) in [5.41, 5.74) is 1.90. The molecule has 0 spiro atoms. The van der Waals surface area contributed by atoms with Gasteiger partial charge in [0.2, 0.25) is 0 Å². The first-order valence-corrected chi connectivity index (χ1v) is 9.44. The van der Waals surface area contributed by atoms with Gasteiger partial charge in [-0.25, -0.2) is 14.8 Å². The first-order chi connectivity index (χ1) is 10.8.